The molecule has 0 aromatic heterocycles. The third-order valence-electron chi connectivity index (χ3n) is 1.33. The van der Waals surface area contributed by atoms with Gasteiger partial charge in [0.25, 0.3) is 0 Å². The molecule has 63 valence electrons. The van der Waals surface area contributed by atoms with Gasteiger partial charge in [-0.2, -0.15) is 0 Å². The largest absolute Gasteiger partial charge is 0.303 e. The first-order valence-corrected chi connectivity index (χ1v) is 3.12. The smallest absolute Gasteiger partial charge is 0.162 e. The zero-order valence-corrected chi connectivity index (χ0v) is 6.13. The second kappa shape index (κ2) is 4.56. The highest BCUT2D eigenvalue weighted by molar-refractivity contribution is 5.54. The molecular weight excluding hydrogens is 164 g/mol. The minimum Gasteiger partial charge on any atom is -0.303 e. The van der Waals surface area contributed by atoms with E-state index in [1.54, 1.807) is 0 Å². The van der Waals surface area contributed by atoms with Crippen molar-refractivity contribution in [3.05, 3.63) is 35.4 Å². The van der Waals surface area contributed by atoms with Crippen LogP contribution in [0.2, 0.25) is 0 Å². The van der Waals surface area contributed by atoms with Crippen molar-refractivity contribution in [2.75, 3.05) is 0 Å². The summed E-state index contributed by atoms with van der Waals surface area (Å²) in [6.07, 6.45) is 0.460. The first-order valence-electron chi connectivity index (χ1n) is 3.12. The Hall–Kier alpha value is -1.29. The molecule has 0 saturated carbocycles. The Morgan fingerprint density at radius 3 is 2.58 bits per heavy atom. The van der Waals surface area contributed by atoms with Gasteiger partial charge in [-0.15, -0.1) is 0 Å². The summed E-state index contributed by atoms with van der Waals surface area (Å²) in [6, 6.07) is 3.77. The van der Waals surface area contributed by atoms with Gasteiger partial charge in [0.2, 0.25) is 0 Å². The Bertz CT molecular complexity index is 276. The fourth-order valence-corrected chi connectivity index (χ4v) is 0.796. The molecule has 0 N–H and O–H groups in total. The van der Waals surface area contributed by atoms with Gasteiger partial charge in [-0.3, -0.25) is 0 Å². The van der Waals surface area contributed by atoms with Crippen LogP contribution in [-0.2, 0) is 11.2 Å². The molecule has 1 aromatic carbocycles. The minimum absolute atomic E-state index is 0. The van der Waals surface area contributed by atoms with Gasteiger partial charge in [0.1, 0.15) is 6.29 Å². The molecule has 0 atom stereocenters. The molecule has 0 aliphatic heterocycles. The molecule has 0 aliphatic rings. The van der Waals surface area contributed by atoms with Crippen LogP contribution < -0.4 is 6.15 Å². The molecule has 0 spiro atoms. The van der Waals surface area contributed by atoms with Crippen LogP contribution in [0.25, 0.3) is 0 Å². The van der Waals surface area contributed by atoms with Crippen LogP contribution >= 0.6 is 0 Å². The molecule has 1 aromatic rings. The number of hydrogen-bond acceptors (Lipinski definition) is 1. The third-order valence-corrected chi connectivity index (χ3v) is 1.33. The standard InChI is InChI=1S/C8H6F2O.N/c9-7-3-1-2-6(4-5-11)8(7)10;/h1-3,5H,4H2;. The van der Waals surface area contributed by atoms with Crippen molar-refractivity contribution >= 4 is 6.29 Å². The van der Waals surface area contributed by atoms with E-state index in [1.165, 1.54) is 12.1 Å². The number of rotatable bonds is 2. The summed E-state index contributed by atoms with van der Waals surface area (Å²) >= 11 is 0. The van der Waals surface area contributed by atoms with Crippen molar-refractivity contribution < 1.29 is 13.6 Å². The van der Waals surface area contributed by atoms with Crippen molar-refractivity contribution in [3.8, 4) is 0 Å². The SMILES string of the molecule is O=CCc1cccc(F)c1F.[N]. The van der Waals surface area contributed by atoms with Crippen molar-refractivity contribution in [2.24, 2.45) is 0 Å². The van der Waals surface area contributed by atoms with Gasteiger partial charge in [-0.25, -0.2) is 8.78 Å². The van der Waals surface area contributed by atoms with Crippen LogP contribution in [0, 0.1) is 11.6 Å². The topological polar surface area (TPSA) is 47.6 Å². The molecule has 12 heavy (non-hydrogen) atoms. The normalized spacial score (nSPS) is 8.83. The van der Waals surface area contributed by atoms with Crippen LogP contribution in [-0.4, -0.2) is 6.29 Å². The Balaban J connectivity index is 0.00000121. The molecular formula is C8H6F2NO. The van der Waals surface area contributed by atoms with Crippen LogP contribution in [0.1, 0.15) is 5.56 Å². The van der Waals surface area contributed by atoms with E-state index in [4.69, 9.17) is 0 Å². The van der Waals surface area contributed by atoms with E-state index in [2.05, 4.69) is 0 Å². The summed E-state index contributed by atoms with van der Waals surface area (Å²) in [6.45, 7) is 0. The summed E-state index contributed by atoms with van der Waals surface area (Å²) in [5.74, 6) is -1.84. The number of hydrogen-bond donors (Lipinski definition) is 0. The van der Waals surface area contributed by atoms with Crippen molar-refractivity contribution in [1.82, 2.24) is 6.15 Å². The highest BCUT2D eigenvalue weighted by Crippen LogP contribution is 2.10. The van der Waals surface area contributed by atoms with E-state index >= 15 is 0 Å². The predicted molar refractivity (Wildman–Crippen MR) is 38.3 cm³/mol. The fourth-order valence-electron chi connectivity index (χ4n) is 0.796. The summed E-state index contributed by atoms with van der Waals surface area (Å²) < 4.78 is 25.1. The number of carbonyl (C=O) groups excluding carboxylic acids is 1. The second-order valence-electron chi connectivity index (χ2n) is 2.08. The van der Waals surface area contributed by atoms with Gasteiger partial charge in [-0.05, 0) is 11.6 Å². The lowest BCUT2D eigenvalue weighted by molar-refractivity contribution is -0.107. The summed E-state index contributed by atoms with van der Waals surface area (Å²) in [7, 11) is 0. The van der Waals surface area contributed by atoms with Crippen LogP contribution in [0.4, 0.5) is 8.78 Å². The van der Waals surface area contributed by atoms with Gasteiger partial charge in [0, 0.05) is 12.6 Å². The van der Waals surface area contributed by atoms with Gasteiger partial charge >= 0.3 is 0 Å². The second-order valence-corrected chi connectivity index (χ2v) is 2.08. The Kier molecular flexibility index (Phi) is 4.07. The zero-order chi connectivity index (χ0) is 8.27. The van der Waals surface area contributed by atoms with Gasteiger partial charge < -0.3 is 4.79 Å². The number of aldehydes is 1. The first kappa shape index (κ1) is 10.7. The van der Waals surface area contributed by atoms with E-state index in [9.17, 15) is 13.6 Å². The van der Waals surface area contributed by atoms with E-state index in [-0.39, 0.29) is 18.1 Å². The Morgan fingerprint density at radius 2 is 2.00 bits per heavy atom. The van der Waals surface area contributed by atoms with E-state index in [1.807, 2.05) is 0 Å². The number of halogens is 2. The maximum atomic E-state index is 12.7. The van der Waals surface area contributed by atoms with Crippen LogP contribution in [0.15, 0.2) is 18.2 Å². The number of benzene rings is 1. The lowest BCUT2D eigenvalue weighted by atomic mass is 10.1. The highest BCUT2D eigenvalue weighted by atomic mass is 19.2. The third kappa shape index (κ3) is 2.10. The summed E-state index contributed by atoms with van der Waals surface area (Å²) in [5.41, 5.74) is 0.0972. The van der Waals surface area contributed by atoms with Crippen LogP contribution in [0.3, 0.4) is 0 Å². The van der Waals surface area contributed by atoms with Crippen LogP contribution in [0.5, 0.6) is 0 Å². The first-order chi connectivity index (χ1) is 5.25. The lowest BCUT2D eigenvalue weighted by Gasteiger charge is -1.97. The Labute approximate surface area is 68.8 Å². The quantitative estimate of drug-likeness (QED) is 0.615. The Morgan fingerprint density at radius 1 is 1.33 bits per heavy atom. The molecule has 3 radical (unpaired) electrons. The highest BCUT2D eigenvalue weighted by Gasteiger charge is 2.05. The molecule has 0 bridgehead atoms. The molecule has 0 fully saturated rings. The number of carbonyl (C=O) groups is 1. The minimum atomic E-state index is -0.931. The van der Waals surface area contributed by atoms with Crippen molar-refractivity contribution in [2.45, 2.75) is 6.42 Å². The predicted octanol–water partition coefficient (Wildman–Crippen LogP) is 1.23. The number of nitrogens with zero attached hydrogens (tertiary/aromatic N) is 1. The molecule has 1 rings (SSSR count). The molecule has 0 amide bonds. The lowest BCUT2D eigenvalue weighted by Crippen LogP contribution is -1.94. The maximum absolute atomic E-state index is 12.7. The monoisotopic (exact) mass is 170 g/mol. The molecule has 0 aliphatic carbocycles. The molecule has 4 heteroatoms. The molecule has 2 nitrogen and oxygen atoms in total. The molecule has 0 heterocycles. The average Bonchev–Trinajstić information content (AvgIpc) is 1.99. The van der Waals surface area contributed by atoms with E-state index in [0.717, 1.165) is 6.07 Å². The fraction of sp³-hybridized carbons (Fsp3) is 0.125. The maximum Gasteiger partial charge on any atom is 0.162 e. The molecule has 0 unspecified atom stereocenters. The van der Waals surface area contributed by atoms with Gasteiger partial charge in [-0.1, -0.05) is 12.1 Å². The molecule has 0 saturated heterocycles. The zero-order valence-electron chi connectivity index (χ0n) is 6.13. The summed E-state index contributed by atoms with van der Waals surface area (Å²) in [5, 5.41) is 0. The van der Waals surface area contributed by atoms with E-state index < -0.39 is 11.6 Å². The van der Waals surface area contributed by atoms with E-state index in [0.29, 0.717) is 6.29 Å². The van der Waals surface area contributed by atoms with Crippen molar-refractivity contribution in [3.63, 3.8) is 0 Å². The summed E-state index contributed by atoms with van der Waals surface area (Å²) in [4.78, 5) is 9.95. The van der Waals surface area contributed by atoms with Gasteiger partial charge in [0.15, 0.2) is 11.6 Å². The average molecular weight is 170 g/mol. The van der Waals surface area contributed by atoms with Gasteiger partial charge in [0.05, 0.1) is 0 Å². The van der Waals surface area contributed by atoms with Crippen molar-refractivity contribution in [1.29, 1.82) is 0 Å².